The van der Waals surface area contributed by atoms with Crippen LogP contribution in [0.15, 0.2) is 53.3 Å². The highest BCUT2D eigenvalue weighted by Gasteiger charge is 2.23. The third kappa shape index (κ3) is 4.62. The third-order valence-electron chi connectivity index (χ3n) is 4.17. The van der Waals surface area contributed by atoms with Crippen LogP contribution in [0, 0.1) is 6.92 Å². The van der Waals surface area contributed by atoms with E-state index >= 15 is 0 Å². The van der Waals surface area contributed by atoms with Gasteiger partial charge in [-0.15, -0.1) is 0 Å². The van der Waals surface area contributed by atoms with Crippen LogP contribution in [0.5, 0.6) is 5.75 Å². The van der Waals surface area contributed by atoms with E-state index in [1.807, 2.05) is 23.8 Å². The third-order valence-corrected chi connectivity index (χ3v) is 4.40. The van der Waals surface area contributed by atoms with E-state index in [1.165, 1.54) is 12.1 Å². The van der Waals surface area contributed by atoms with Crippen molar-refractivity contribution in [2.24, 2.45) is 0 Å². The molecular formula is C20H16ClF2N5O2. The average Bonchev–Trinajstić information content (AvgIpc) is 3.30. The number of nitrogens with zero attached hydrogens (tertiary/aromatic N) is 5. The van der Waals surface area contributed by atoms with E-state index < -0.39 is 6.11 Å². The number of aromatic nitrogens is 5. The van der Waals surface area contributed by atoms with Crippen LogP contribution >= 0.6 is 11.6 Å². The molecule has 0 saturated carbocycles. The molecule has 0 aliphatic rings. The van der Waals surface area contributed by atoms with Gasteiger partial charge in [-0.2, -0.15) is 13.8 Å². The fraction of sp³-hybridized carbons (Fsp3) is 0.200. The van der Waals surface area contributed by atoms with Crippen LogP contribution in [-0.4, -0.2) is 30.8 Å². The van der Waals surface area contributed by atoms with Gasteiger partial charge in [0.25, 0.3) is 5.89 Å². The molecule has 3 heterocycles. The van der Waals surface area contributed by atoms with Gasteiger partial charge in [0.2, 0.25) is 5.82 Å². The number of rotatable bonds is 6. The van der Waals surface area contributed by atoms with Crippen LogP contribution in [0.3, 0.4) is 0 Å². The summed E-state index contributed by atoms with van der Waals surface area (Å²) in [5.74, 6) is 1.37. The van der Waals surface area contributed by atoms with E-state index in [0.29, 0.717) is 35.7 Å². The van der Waals surface area contributed by atoms with Gasteiger partial charge >= 0.3 is 6.11 Å². The number of imidazole rings is 1. The molecule has 0 bridgehead atoms. The van der Waals surface area contributed by atoms with Gasteiger partial charge in [-0.1, -0.05) is 22.8 Å². The number of hydrogen-bond acceptors (Lipinski definition) is 6. The first kappa shape index (κ1) is 20.0. The number of ether oxygens (including phenoxy) is 1. The van der Waals surface area contributed by atoms with Crippen molar-refractivity contribution in [3.05, 3.63) is 65.3 Å². The number of halogens is 3. The minimum absolute atomic E-state index is 0.0426. The lowest BCUT2D eigenvalue weighted by Crippen LogP contribution is -2.18. The van der Waals surface area contributed by atoms with E-state index in [0.717, 1.165) is 11.4 Å². The predicted molar refractivity (Wildman–Crippen MR) is 105 cm³/mol. The van der Waals surface area contributed by atoms with E-state index in [1.54, 1.807) is 24.4 Å². The molecule has 3 aromatic heterocycles. The Balaban J connectivity index is 1.52. The van der Waals surface area contributed by atoms with Crippen molar-refractivity contribution in [1.82, 2.24) is 24.7 Å². The first-order chi connectivity index (χ1) is 14.3. The molecule has 0 saturated heterocycles. The van der Waals surface area contributed by atoms with E-state index in [9.17, 15) is 8.78 Å². The van der Waals surface area contributed by atoms with Crippen molar-refractivity contribution in [2.75, 3.05) is 0 Å². The van der Waals surface area contributed by atoms with E-state index in [4.69, 9.17) is 16.1 Å². The smallest absolute Gasteiger partial charge is 0.394 e. The zero-order valence-electron chi connectivity index (χ0n) is 16.0. The Kier molecular flexibility index (Phi) is 5.21. The Morgan fingerprint density at radius 2 is 1.90 bits per heavy atom. The van der Waals surface area contributed by atoms with Crippen LogP contribution < -0.4 is 4.74 Å². The van der Waals surface area contributed by atoms with E-state index in [2.05, 4.69) is 24.8 Å². The topological polar surface area (TPSA) is 78.9 Å². The minimum Gasteiger partial charge on any atom is -0.433 e. The number of aryl methyl sites for hydroxylation is 1. The Bertz CT molecular complexity index is 1150. The maximum atomic E-state index is 12.9. The molecule has 0 aliphatic heterocycles. The number of benzene rings is 1. The SMILES string of the molecule is Cc1nc(-c2nc(-c3ccc(OC(C)(F)F)cc3)no2)cn1Cc1ccc(Cl)nc1. The van der Waals surface area contributed by atoms with Gasteiger partial charge in [-0.3, -0.25) is 0 Å². The molecule has 154 valence electrons. The lowest BCUT2D eigenvalue weighted by Gasteiger charge is -2.12. The second-order valence-corrected chi connectivity index (χ2v) is 7.04. The highest BCUT2D eigenvalue weighted by atomic mass is 35.5. The lowest BCUT2D eigenvalue weighted by atomic mass is 10.2. The molecule has 0 atom stereocenters. The minimum atomic E-state index is -3.25. The predicted octanol–water partition coefficient (Wildman–Crippen LogP) is 5.00. The van der Waals surface area contributed by atoms with Gasteiger partial charge in [0.05, 0.1) is 6.54 Å². The largest absolute Gasteiger partial charge is 0.433 e. The molecule has 0 N–H and O–H groups in total. The van der Waals surface area contributed by atoms with Gasteiger partial charge in [-0.05, 0) is 42.8 Å². The Morgan fingerprint density at radius 3 is 2.57 bits per heavy atom. The molecule has 0 radical (unpaired) electrons. The molecule has 4 aromatic rings. The van der Waals surface area contributed by atoms with Crippen LogP contribution in [-0.2, 0) is 6.54 Å². The van der Waals surface area contributed by atoms with E-state index in [-0.39, 0.29) is 11.6 Å². The normalized spacial score (nSPS) is 11.6. The average molecular weight is 432 g/mol. The summed E-state index contributed by atoms with van der Waals surface area (Å²) in [6.45, 7) is 3.11. The van der Waals surface area contributed by atoms with Crippen LogP contribution in [0.25, 0.3) is 23.0 Å². The van der Waals surface area contributed by atoms with Crippen molar-refractivity contribution in [3.63, 3.8) is 0 Å². The molecule has 10 heteroatoms. The second kappa shape index (κ2) is 7.83. The number of pyridine rings is 1. The molecule has 0 amide bonds. The van der Waals surface area contributed by atoms with Crippen LogP contribution in [0.2, 0.25) is 5.15 Å². The standard InChI is InChI=1S/C20H16ClF2N5O2/c1-12-25-16(11-28(12)10-13-3-8-17(21)24-9-13)19-26-18(27-30-19)14-4-6-15(7-5-14)29-20(2,22)23/h3-9,11H,10H2,1-2H3. The zero-order chi connectivity index (χ0) is 21.3. The van der Waals surface area contributed by atoms with Gasteiger partial charge in [0.15, 0.2) is 0 Å². The van der Waals surface area contributed by atoms with Gasteiger partial charge in [0, 0.05) is 24.9 Å². The van der Waals surface area contributed by atoms with Crippen molar-refractivity contribution >= 4 is 11.6 Å². The molecule has 0 spiro atoms. The summed E-state index contributed by atoms with van der Waals surface area (Å²) in [6.07, 6.45) is 0.259. The summed E-state index contributed by atoms with van der Waals surface area (Å²) in [7, 11) is 0. The maximum absolute atomic E-state index is 12.9. The fourth-order valence-corrected chi connectivity index (χ4v) is 2.90. The molecule has 1 aromatic carbocycles. The molecule has 4 rings (SSSR count). The quantitative estimate of drug-likeness (QED) is 0.400. The molecule has 0 unspecified atom stereocenters. The van der Waals surface area contributed by atoms with Crippen LogP contribution in [0.4, 0.5) is 8.78 Å². The van der Waals surface area contributed by atoms with Crippen molar-refractivity contribution in [3.8, 4) is 28.7 Å². The number of alkyl halides is 2. The Labute approximate surface area is 175 Å². The first-order valence-corrected chi connectivity index (χ1v) is 9.30. The highest BCUT2D eigenvalue weighted by molar-refractivity contribution is 6.29. The highest BCUT2D eigenvalue weighted by Crippen LogP contribution is 2.26. The van der Waals surface area contributed by atoms with Crippen molar-refractivity contribution in [2.45, 2.75) is 26.5 Å². The Morgan fingerprint density at radius 1 is 1.13 bits per heavy atom. The lowest BCUT2D eigenvalue weighted by molar-refractivity contribution is -0.158. The van der Waals surface area contributed by atoms with Gasteiger partial charge < -0.3 is 13.8 Å². The number of hydrogen-bond donors (Lipinski definition) is 0. The van der Waals surface area contributed by atoms with Gasteiger partial charge in [-0.25, -0.2) is 9.97 Å². The zero-order valence-corrected chi connectivity index (χ0v) is 16.8. The fourth-order valence-electron chi connectivity index (χ4n) is 2.79. The monoisotopic (exact) mass is 431 g/mol. The summed E-state index contributed by atoms with van der Waals surface area (Å²) in [6, 6.07) is 9.61. The molecule has 7 nitrogen and oxygen atoms in total. The van der Waals surface area contributed by atoms with Gasteiger partial charge in [0.1, 0.15) is 22.4 Å². The van der Waals surface area contributed by atoms with Crippen molar-refractivity contribution in [1.29, 1.82) is 0 Å². The summed E-state index contributed by atoms with van der Waals surface area (Å²) in [4.78, 5) is 12.9. The maximum Gasteiger partial charge on any atom is 0.394 e. The summed E-state index contributed by atoms with van der Waals surface area (Å²) < 4.78 is 37.6. The van der Waals surface area contributed by atoms with Crippen LogP contribution in [0.1, 0.15) is 18.3 Å². The first-order valence-electron chi connectivity index (χ1n) is 8.92. The Hall–Kier alpha value is -3.33. The molecular weight excluding hydrogens is 416 g/mol. The van der Waals surface area contributed by atoms with Crippen molar-refractivity contribution < 1.29 is 18.0 Å². The molecule has 30 heavy (non-hydrogen) atoms. The summed E-state index contributed by atoms with van der Waals surface area (Å²) in [5, 5.41) is 4.38. The second-order valence-electron chi connectivity index (χ2n) is 6.65. The molecule has 0 fully saturated rings. The summed E-state index contributed by atoms with van der Waals surface area (Å²) >= 11 is 5.82. The summed E-state index contributed by atoms with van der Waals surface area (Å²) in [5.41, 5.74) is 2.09. The molecule has 0 aliphatic carbocycles.